The summed E-state index contributed by atoms with van der Waals surface area (Å²) in [6.45, 7) is 4.71. The molecule has 0 radical (unpaired) electrons. The van der Waals surface area contributed by atoms with Gasteiger partial charge in [-0.1, -0.05) is 6.42 Å². The number of nitrogens with zero attached hydrogens (tertiary/aromatic N) is 3. The molecule has 1 amide bonds. The van der Waals surface area contributed by atoms with E-state index in [1.165, 1.54) is 12.8 Å². The van der Waals surface area contributed by atoms with Crippen molar-refractivity contribution < 1.29 is 4.79 Å². The Kier molecular flexibility index (Phi) is 7.47. The number of carbonyl (C=O) groups is 1. The molecule has 0 saturated carbocycles. The minimum absolute atomic E-state index is 0. The van der Waals surface area contributed by atoms with E-state index in [1.807, 2.05) is 0 Å². The van der Waals surface area contributed by atoms with Gasteiger partial charge in [0, 0.05) is 13.0 Å². The van der Waals surface area contributed by atoms with E-state index in [0.717, 1.165) is 31.0 Å². The molecule has 1 aromatic heterocycles. The number of carbonyl (C=O) groups excluding carboxylic acids is 1. The Morgan fingerprint density at radius 2 is 2.00 bits per heavy atom. The highest BCUT2D eigenvalue weighted by molar-refractivity contribution is 5.85. The van der Waals surface area contributed by atoms with Crippen molar-refractivity contribution in [1.82, 2.24) is 20.1 Å². The molecule has 1 aliphatic rings. The standard InChI is InChI=1S/C12H21N5O.2ClH/c1-12(2,13)11(18)14-8-10-16-15-9-6-4-3-5-7-17(9)10;;/h3-8,13H2,1-2H3,(H,14,18);2*1H. The third-order valence-electron chi connectivity index (χ3n) is 3.18. The zero-order chi connectivity index (χ0) is 13.2. The number of aromatic nitrogens is 3. The summed E-state index contributed by atoms with van der Waals surface area (Å²) in [7, 11) is 0. The maximum atomic E-state index is 11.7. The van der Waals surface area contributed by atoms with Crippen LogP contribution in [-0.4, -0.2) is 26.2 Å². The van der Waals surface area contributed by atoms with Gasteiger partial charge in [0.25, 0.3) is 0 Å². The van der Waals surface area contributed by atoms with Crippen LogP contribution in [0.1, 0.15) is 44.8 Å². The normalized spacial score (nSPS) is 14.3. The monoisotopic (exact) mass is 323 g/mol. The lowest BCUT2D eigenvalue weighted by Gasteiger charge is -2.17. The van der Waals surface area contributed by atoms with Gasteiger partial charge in [-0.15, -0.1) is 35.0 Å². The summed E-state index contributed by atoms with van der Waals surface area (Å²) in [5, 5.41) is 11.1. The van der Waals surface area contributed by atoms with Crippen molar-refractivity contribution in [2.75, 3.05) is 0 Å². The second kappa shape index (κ2) is 7.81. The van der Waals surface area contributed by atoms with Crippen molar-refractivity contribution in [2.24, 2.45) is 5.73 Å². The van der Waals surface area contributed by atoms with Crippen molar-refractivity contribution in [3.63, 3.8) is 0 Å². The predicted molar refractivity (Wildman–Crippen MR) is 82.2 cm³/mol. The average Bonchev–Trinajstić information content (AvgIpc) is 2.53. The lowest BCUT2D eigenvalue weighted by atomic mass is 10.1. The fraction of sp³-hybridized carbons (Fsp3) is 0.750. The number of rotatable bonds is 3. The summed E-state index contributed by atoms with van der Waals surface area (Å²) < 4.78 is 2.12. The number of nitrogens with one attached hydrogen (secondary N) is 1. The van der Waals surface area contributed by atoms with Crippen molar-refractivity contribution in [2.45, 2.75) is 58.2 Å². The van der Waals surface area contributed by atoms with Crippen LogP contribution in [0, 0.1) is 0 Å². The molecule has 0 aliphatic carbocycles. The van der Waals surface area contributed by atoms with Gasteiger partial charge in [0.15, 0.2) is 5.82 Å². The molecule has 2 heterocycles. The molecule has 116 valence electrons. The average molecular weight is 324 g/mol. The number of amides is 1. The highest BCUT2D eigenvalue weighted by atomic mass is 35.5. The van der Waals surface area contributed by atoms with Crippen LogP contribution >= 0.6 is 24.8 Å². The quantitative estimate of drug-likeness (QED) is 0.875. The van der Waals surface area contributed by atoms with Gasteiger partial charge in [-0.25, -0.2) is 0 Å². The van der Waals surface area contributed by atoms with Crippen LogP contribution in [0.15, 0.2) is 0 Å². The van der Waals surface area contributed by atoms with Gasteiger partial charge in [-0.05, 0) is 26.7 Å². The molecule has 0 unspecified atom stereocenters. The van der Waals surface area contributed by atoms with E-state index in [1.54, 1.807) is 13.8 Å². The Morgan fingerprint density at radius 1 is 1.30 bits per heavy atom. The lowest BCUT2D eigenvalue weighted by Crippen LogP contribution is -2.49. The van der Waals surface area contributed by atoms with Gasteiger partial charge in [-0.2, -0.15) is 0 Å². The van der Waals surface area contributed by atoms with Crippen LogP contribution < -0.4 is 11.1 Å². The minimum Gasteiger partial charge on any atom is -0.347 e. The molecule has 0 atom stereocenters. The van der Waals surface area contributed by atoms with E-state index in [2.05, 4.69) is 20.1 Å². The summed E-state index contributed by atoms with van der Waals surface area (Å²) in [6, 6.07) is 0. The van der Waals surface area contributed by atoms with E-state index >= 15 is 0 Å². The number of aryl methyl sites for hydroxylation is 1. The van der Waals surface area contributed by atoms with Gasteiger partial charge in [0.1, 0.15) is 5.82 Å². The summed E-state index contributed by atoms with van der Waals surface area (Å²) in [5.74, 6) is 1.68. The first-order chi connectivity index (χ1) is 8.48. The van der Waals surface area contributed by atoms with Crippen LogP contribution in [0.4, 0.5) is 0 Å². The van der Waals surface area contributed by atoms with Crippen molar-refractivity contribution in [3.8, 4) is 0 Å². The zero-order valence-electron chi connectivity index (χ0n) is 11.9. The van der Waals surface area contributed by atoms with Crippen LogP contribution in [-0.2, 0) is 24.3 Å². The molecule has 1 aliphatic heterocycles. The van der Waals surface area contributed by atoms with E-state index in [0.29, 0.717) is 6.54 Å². The third kappa shape index (κ3) is 4.61. The van der Waals surface area contributed by atoms with Crippen LogP contribution in [0.3, 0.4) is 0 Å². The molecule has 3 N–H and O–H groups in total. The molecular formula is C12H23Cl2N5O. The number of fused-ring (bicyclic) bond motifs is 1. The molecule has 2 rings (SSSR count). The molecule has 0 bridgehead atoms. The summed E-state index contributed by atoms with van der Waals surface area (Å²) in [4.78, 5) is 11.7. The smallest absolute Gasteiger partial charge is 0.239 e. The Labute approximate surface area is 131 Å². The van der Waals surface area contributed by atoms with Crippen LogP contribution in [0.25, 0.3) is 0 Å². The maximum Gasteiger partial charge on any atom is 0.239 e. The molecular weight excluding hydrogens is 301 g/mol. The zero-order valence-corrected chi connectivity index (χ0v) is 13.5. The first kappa shape index (κ1) is 19.1. The summed E-state index contributed by atoms with van der Waals surface area (Å²) >= 11 is 0. The fourth-order valence-corrected chi connectivity index (χ4v) is 2.06. The molecule has 6 nitrogen and oxygen atoms in total. The third-order valence-corrected chi connectivity index (χ3v) is 3.18. The SMILES string of the molecule is CC(C)(N)C(=O)NCc1nnc2n1CCCCC2.Cl.Cl. The summed E-state index contributed by atoms with van der Waals surface area (Å²) in [6.07, 6.45) is 4.52. The Hall–Kier alpha value is -0.850. The molecule has 20 heavy (non-hydrogen) atoms. The van der Waals surface area contributed by atoms with E-state index in [4.69, 9.17) is 5.73 Å². The number of halogens is 2. The van der Waals surface area contributed by atoms with Crippen molar-refractivity contribution >= 4 is 30.7 Å². The Balaban J connectivity index is 0.00000180. The highest BCUT2D eigenvalue weighted by Gasteiger charge is 2.22. The first-order valence-corrected chi connectivity index (χ1v) is 6.46. The molecule has 8 heteroatoms. The van der Waals surface area contributed by atoms with Gasteiger partial charge < -0.3 is 15.6 Å². The van der Waals surface area contributed by atoms with Crippen molar-refractivity contribution in [3.05, 3.63) is 11.6 Å². The second-order valence-corrected chi connectivity index (χ2v) is 5.40. The van der Waals surface area contributed by atoms with E-state index in [9.17, 15) is 4.79 Å². The van der Waals surface area contributed by atoms with Crippen LogP contribution in [0.5, 0.6) is 0 Å². The fourth-order valence-electron chi connectivity index (χ4n) is 2.06. The highest BCUT2D eigenvalue weighted by Crippen LogP contribution is 2.14. The number of hydrogen-bond donors (Lipinski definition) is 2. The van der Waals surface area contributed by atoms with Gasteiger partial charge in [0.2, 0.25) is 5.91 Å². The summed E-state index contributed by atoms with van der Waals surface area (Å²) in [5.41, 5.74) is 4.87. The predicted octanol–water partition coefficient (Wildman–Crippen LogP) is 1.20. The van der Waals surface area contributed by atoms with E-state index in [-0.39, 0.29) is 30.7 Å². The molecule has 1 aromatic rings. The molecule has 0 fully saturated rings. The van der Waals surface area contributed by atoms with Gasteiger partial charge in [0.05, 0.1) is 12.1 Å². The number of hydrogen-bond acceptors (Lipinski definition) is 4. The minimum atomic E-state index is -0.859. The first-order valence-electron chi connectivity index (χ1n) is 6.46. The topological polar surface area (TPSA) is 85.8 Å². The molecule has 0 spiro atoms. The van der Waals surface area contributed by atoms with Gasteiger partial charge >= 0.3 is 0 Å². The van der Waals surface area contributed by atoms with Crippen LogP contribution in [0.2, 0.25) is 0 Å². The maximum absolute atomic E-state index is 11.7. The van der Waals surface area contributed by atoms with E-state index < -0.39 is 5.54 Å². The number of nitrogens with two attached hydrogens (primary N) is 1. The van der Waals surface area contributed by atoms with Crippen molar-refractivity contribution in [1.29, 1.82) is 0 Å². The largest absolute Gasteiger partial charge is 0.347 e. The molecule has 0 aromatic carbocycles. The molecule has 0 saturated heterocycles. The van der Waals surface area contributed by atoms with Gasteiger partial charge in [-0.3, -0.25) is 4.79 Å². The Bertz CT molecular complexity index is 442. The lowest BCUT2D eigenvalue weighted by molar-refractivity contribution is -0.125. The Morgan fingerprint density at radius 3 is 2.65 bits per heavy atom. The second-order valence-electron chi connectivity index (χ2n) is 5.40.